The molecule has 1 atom stereocenters. The van der Waals surface area contributed by atoms with E-state index in [4.69, 9.17) is 9.47 Å². The largest absolute Gasteiger partial charge is 0.465 e. The van der Waals surface area contributed by atoms with Gasteiger partial charge in [-0.3, -0.25) is 4.79 Å². The Morgan fingerprint density at radius 2 is 1.70 bits per heavy atom. The number of ether oxygens (including phenoxy) is 2. The van der Waals surface area contributed by atoms with Crippen molar-refractivity contribution in [3.05, 3.63) is 57.9 Å². The Morgan fingerprint density at radius 1 is 1.07 bits per heavy atom. The first-order valence-corrected chi connectivity index (χ1v) is 8.56. The second-order valence-corrected chi connectivity index (χ2v) is 6.37. The Bertz CT molecular complexity index is 852. The molecule has 144 valence electrons. The second-order valence-electron chi connectivity index (χ2n) is 6.37. The van der Waals surface area contributed by atoms with Crippen LogP contribution in [0.2, 0.25) is 0 Å². The molecule has 27 heavy (non-hydrogen) atoms. The number of hydrogen-bond donors (Lipinski definition) is 2. The summed E-state index contributed by atoms with van der Waals surface area (Å²) in [7, 11) is 1.27. The van der Waals surface area contributed by atoms with Gasteiger partial charge >= 0.3 is 11.9 Å². The topological polar surface area (TPSA) is 97.5 Å². The van der Waals surface area contributed by atoms with E-state index in [2.05, 4.69) is 10.3 Å². The normalized spacial score (nSPS) is 11.6. The minimum absolute atomic E-state index is 0.131. The standard InChI is InChI=1S/C20H24N2O5/c1-11-6-8-15(9-7-11)10-21-18(23)14(4)27-20(25)17-12(2)16(13(3)22-17)19(24)26-5/h6-9,14,22H,10H2,1-5H3,(H,21,23)/t14-/m1/s1. The number of aryl methyl sites for hydroxylation is 2. The van der Waals surface area contributed by atoms with E-state index in [0.717, 1.165) is 11.1 Å². The molecule has 2 aromatic rings. The molecule has 1 aromatic carbocycles. The van der Waals surface area contributed by atoms with E-state index in [-0.39, 0.29) is 5.69 Å². The van der Waals surface area contributed by atoms with Crippen molar-refractivity contribution < 1.29 is 23.9 Å². The van der Waals surface area contributed by atoms with Gasteiger partial charge in [-0.05, 0) is 38.8 Å². The van der Waals surface area contributed by atoms with Crippen LogP contribution in [0.4, 0.5) is 0 Å². The van der Waals surface area contributed by atoms with Gasteiger partial charge in [-0.2, -0.15) is 0 Å². The van der Waals surface area contributed by atoms with Crippen LogP contribution in [-0.2, 0) is 20.8 Å². The summed E-state index contributed by atoms with van der Waals surface area (Å²) in [6, 6.07) is 7.76. The predicted octanol–water partition coefficient (Wildman–Crippen LogP) is 2.59. The molecule has 0 aliphatic heterocycles. The number of nitrogens with one attached hydrogen (secondary N) is 2. The maximum absolute atomic E-state index is 12.4. The van der Waals surface area contributed by atoms with E-state index in [1.807, 2.05) is 31.2 Å². The summed E-state index contributed by atoms with van der Waals surface area (Å²) in [6.45, 7) is 7.10. The number of methoxy groups -OCH3 is 1. The molecule has 0 unspecified atom stereocenters. The van der Waals surface area contributed by atoms with Crippen molar-refractivity contribution in [3.8, 4) is 0 Å². The number of amides is 1. The van der Waals surface area contributed by atoms with Crippen molar-refractivity contribution >= 4 is 17.8 Å². The number of aromatic amines is 1. The molecule has 7 heteroatoms. The minimum Gasteiger partial charge on any atom is -0.465 e. The summed E-state index contributed by atoms with van der Waals surface area (Å²) in [5.74, 6) is -1.65. The zero-order valence-corrected chi connectivity index (χ0v) is 16.1. The maximum Gasteiger partial charge on any atom is 0.355 e. The van der Waals surface area contributed by atoms with Crippen LogP contribution in [0.15, 0.2) is 24.3 Å². The van der Waals surface area contributed by atoms with Crippen molar-refractivity contribution in [1.29, 1.82) is 0 Å². The third-order valence-electron chi connectivity index (χ3n) is 4.27. The summed E-state index contributed by atoms with van der Waals surface area (Å²) in [5, 5.41) is 2.73. The van der Waals surface area contributed by atoms with E-state index in [0.29, 0.717) is 23.4 Å². The van der Waals surface area contributed by atoms with Gasteiger partial charge in [-0.25, -0.2) is 9.59 Å². The Balaban J connectivity index is 1.99. The monoisotopic (exact) mass is 372 g/mol. The van der Waals surface area contributed by atoms with Gasteiger partial charge in [-0.15, -0.1) is 0 Å². The SMILES string of the molecule is COC(=O)c1c(C)[nH]c(C(=O)O[C@H](C)C(=O)NCc2ccc(C)cc2)c1C. The predicted molar refractivity (Wildman–Crippen MR) is 99.5 cm³/mol. The molecule has 0 fully saturated rings. The van der Waals surface area contributed by atoms with Crippen LogP contribution >= 0.6 is 0 Å². The highest BCUT2D eigenvalue weighted by Gasteiger charge is 2.26. The van der Waals surface area contributed by atoms with E-state index < -0.39 is 23.9 Å². The molecule has 0 aliphatic carbocycles. The highest BCUT2D eigenvalue weighted by molar-refractivity contribution is 5.99. The van der Waals surface area contributed by atoms with E-state index in [1.54, 1.807) is 13.8 Å². The van der Waals surface area contributed by atoms with Crippen molar-refractivity contribution in [2.24, 2.45) is 0 Å². The molecule has 7 nitrogen and oxygen atoms in total. The fourth-order valence-electron chi connectivity index (χ4n) is 2.67. The molecule has 1 heterocycles. The van der Waals surface area contributed by atoms with Crippen LogP contribution in [0.25, 0.3) is 0 Å². The van der Waals surface area contributed by atoms with Gasteiger partial charge in [0.15, 0.2) is 6.10 Å². The minimum atomic E-state index is -0.979. The van der Waals surface area contributed by atoms with Gasteiger partial charge in [-0.1, -0.05) is 29.8 Å². The van der Waals surface area contributed by atoms with Crippen LogP contribution in [0.1, 0.15) is 50.2 Å². The first-order chi connectivity index (χ1) is 12.7. The third-order valence-corrected chi connectivity index (χ3v) is 4.27. The summed E-state index contributed by atoms with van der Waals surface area (Å²) in [5.41, 5.74) is 3.44. The van der Waals surface area contributed by atoms with Crippen LogP contribution in [0.5, 0.6) is 0 Å². The van der Waals surface area contributed by atoms with Crippen LogP contribution < -0.4 is 5.32 Å². The second kappa shape index (κ2) is 8.53. The van der Waals surface area contributed by atoms with Crippen molar-refractivity contribution in [1.82, 2.24) is 10.3 Å². The van der Waals surface area contributed by atoms with E-state index >= 15 is 0 Å². The lowest BCUT2D eigenvalue weighted by molar-refractivity contribution is -0.129. The van der Waals surface area contributed by atoms with Gasteiger partial charge < -0.3 is 19.8 Å². The number of esters is 2. The molecular weight excluding hydrogens is 348 g/mol. The molecule has 1 amide bonds. The number of rotatable bonds is 6. The Labute approximate surface area is 158 Å². The fourth-order valence-corrected chi connectivity index (χ4v) is 2.67. The van der Waals surface area contributed by atoms with Crippen molar-refractivity contribution in [2.45, 2.75) is 40.3 Å². The number of hydrogen-bond acceptors (Lipinski definition) is 5. The van der Waals surface area contributed by atoms with Crippen LogP contribution in [0.3, 0.4) is 0 Å². The van der Waals surface area contributed by atoms with Crippen LogP contribution in [-0.4, -0.2) is 36.0 Å². The number of aromatic nitrogens is 1. The summed E-state index contributed by atoms with van der Waals surface area (Å²) in [4.78, 5) is 39.2. The average molecular weight is 372 g/mol. The summed E-state index contributed by atoms with van der Waals surface area (Å²) in [6.07, 6.45) is -0.979. The highest BCUT2D eigenvalue weighted by atomic mass is 16.5. The first kappa shape index (κ1) is 20.2. The van der Waals surface area contributed by atoms with E-state index in [1.165, 1.54) is 14.0 Å². The molecule has 0 radical (unpaired) electrons. The Kier molecular flexibility index (Phi) is 6.39. The van der Waals surface area contributed by atoms with Crippen molar-refractivity contribution in [3.63, 3.8) is 0 Å². The maximum atomic E-state index is 12.4. The lowest BCUT2D eigenvalue weighted by Crippen LogP contribution is -2.35. The highest BCUT2D eigenvalue weighted by Crippen LogP contribution is 2.20. The lowest BCUT2D eigenvalue weighted by atomic mass is 10.1. The molecule has 0 spiro atoms. The van der Waals surface area contributed by atoms with Gasteiger partial charge in [0, 0.05) is 12.2 Å². The van der Waals surface area contributed by atoms with Gasteiger partial charge in [0.25, 0.3) is 5.91 Å². The molecule has 2 rings (SSSR count). The van der Waals surface area contributed by atoms with Crippen molar-refractivity contribution in [2.75, 3.05) is 7.11 Å². The number of H-pyrrole nitrogens is 1. The molecule has 1 aromatic heterocycles. The molecule has 0 saturated heterocycles. The summed E-state index contributed by atoms with van der Waals surface area (Å²) >= 11 is 0. The number of carbonyl (C=O) groups excluding carboxylic acids is 3. The molecule has 2 N–H and O–H groups in total. The van der Waals surface area contributed by atoms with Gasteiger partial charge in [0.05, 0.1) is 12.7 Å². The zero-order valence-electron chi connectivity index (χ0n) is 16.1. The summed E-state index contributed by atoms with van der Waals surface area (Å²) < 4.78 is 9.95. The number of benzene rings is 1. The number of carbonyl (C=O) groups is 3. The smallest absolute Gasteiger partial charge is 0.355 e. The lowest BCUT2D eigenvalue weighted by Gasteiger charge is -2.13. The van der Waals surface area contributed by atoms with E-state index in [9.17, 15) is 14.4 Å². The molecule has 0 saturated carbocycles. The Hall–Kier alpha value is -3.09. The molecule has 0 aliphatic rings. The average Bonchev–Trinajstić information content (AvgIpc) is 2.94. The molecular formula is C20H24N2O5. The van der Waals surface area contributed by atoms with Crippen LogP contribution in [0, 0.1) is 20.8 Å². The Morgan fingerprint density at radius 3 is 2.30 bits per heavy atom. The fraction of sp³-hybridized carbons (Fsp3) is 0.350. The molecule has 0 bridgehead atoms. The first-order valence-electron chi connectivity index (χ1n) is 8.56. The van der Waals surface area contributed by atoms with Gasteiger partial charge in [0.2, 0.25) is 0 Å². The quantitative estimate of drug-likeness (QED) is 0.760. The van der Waals surface area contributed by atoms with Gasteiger partial charge in [0.1, 0.15) is 5.69 Å². The third kappa shape index (κ3) is 4.75. The zero-order chi connectivity index (χ0) is 20.1.